The summed E-state index contributed by atoms with van der Waals surface area (Å²) >= 11 is 0. The molecule has 1 fully saturated rings. The van der Waals surface area contributed by atoms with Gasteiger partial charge in [-0.1, -0.05) is 61.7 Å². The molecule has 0 aliphatic heterocycles. The zero-order valence-corrected chi connectivity index (χ0v) is 21.9. The second-order valence-corrected chi connectivity index (χ2v) is 11.3. The summed E-state index contributed by atoms with van der Waals surface area (Å²) < 4.78 is 42.5. The van der Waals surface area contributed by atoms with E-state index in [9.17, 15) is 22.4 Å². The Balaban J connectivity index is 1.90. The van der Waals surface area contributed by atoms with Crippen molar-refractivity contribution in [3.63, 3.8) is 0 Å². The molecule has 0 heterocycles. The van der Waals surface area contributed by atoms with Crippen molar-refractivity contribution in [2.75, 3.05) is 24.9 Å². The first kappa shape index (κ1) is 27.6. The van der Waals surface area contributed by atoms with Gasteiger partial charge < -0.3 is 10.2 Å². The maximum absolute atomic E-state index is 14.7. The first-order valence-corrected chi connectivity index (χ1v) is 13.6. The van der Waals surface area contributed by atoms with Crippen molar-refractivity contribution in [2.24, 2.45) is 0 Å². The average molecular weight is 519 g/mol. The number of hydrogen-bond acceptors (Lipinski definition) is 4. The van der Waals surface area contributed by atoms with Gasteiger partial charge >= 0.3 is 10.2 Å². The third-order valence-electron chi connectivity index (χ3n) is 6.45. The van der Waals surface area contributed by atoms with Crippen LogP contribution in [0.15, 0.2) is 54.6 Å². The molecule has 36 heavy (non-hydrogen) atoms. The second kappa shape index (κ2) is 12.3. The Bertz CT molecular complexity index is 1140. The van der Waals surface area contributed by atoms with Crippen LogP contribution in [0.5, 0.6) is 0 Å². The summed E-state index contributed by atoms with van der Waals surface area (Å²) in [5, 5.41) is 3.05. The van der Waals surface area contributed by atoms with Gasteiger partial charge in [-0.05, 0) is 37.5 Å². The van der Waals surface area contributed by atoms with Gasteiger partial charge in [-0.15, -0.1) is 0 Å². The molecule has 1 saturated carbocycles. The van der Waals surface area contributed by atoms with E-state index in [1.165, 1.54) is 37.2 Å². The molecule has 0 aromatic heterocycles. The Kier molecular flexibility index (Phi) is 9.44. The third kappa shape index (κ3) is 6.82. The number of nitrogens with one attached hydrogen (secondary N) is 1. The lowest BCUT2D eigenvalue weighted by Gasteiger charge is -2.34. The van der Waals surface area contributed by atoms with Gasteiger partial charge in [0.1, 0.15) is 18.4 Å². The zero-order chi connectivity index (χ0) is 26.3. The second-order valence-electron chi connectivity index (χ2n) is 9.27. The molecule has 0 bridgehead atoms. The van der Waals surface area contributed by atoms with Crippen molar-refractivity contribution >= 4 is 27.7 Å². The molecule has 1 aliphatic carbocycles. The van der Waals surface area contributed by atoms with Crippen LogP contribution in [0, 0.1) is 5.82 Å². The van der Waals surface area contributed by atoms with Gasteiger partial charge in [0.05, 0.1) is 5.69 Å². The summed E-state index contributed by atoms with van der Waals surface area (Å²) in [5.74, 6) is -1.67. The fraction of sp³-hybridized carbons (Fsp3) is 0.462. The van der Waals surface area contributed by atoms with Gasteiger partial charge in [-0.25, -0.2) is 8.70 Å². The van der Waals surface area contributed by atoms with E-state index in [1.54, 1.807) is 6.92 Å². The van der Waals surface area contributed by atoms with Crippen LogP contribution in [0.1, 0.15) is 44.6 Å². The summed E-state index contributed by atoms with van der Waals surface area (Å²) in [5.41, 5.74) is 0.551. The number of para-hydroxylation sites is 1. The first-order valence-electron chi connectivity index (χ1n) is 12.2. The van der Waals surface area contributed by atoms with E-state index in [2.05, 4.69) is 5.32 Å². The fourth-order valence-corrected chi connectivity index (χ4v) is 5.35. The van der Waals surface area contributed by atoms with Crippen LogP contribution in [-0.2, 0) is 26.3 Å². The fourth-order valence-electron chi connectivity index (χ4n) is 4.29. The van der Waals surface area contributed by atoms with Crippen LogP contribution in [0.25, 0.3) is 0 Å². The number of carbonyl (C=O) groups excluding carboxylic acids is 2. The van der Waals surface area contributed by atoms with E-state index < -0.39 is 34.5 Å². The van der Waals surface area contributed by atoms with Gasteiger partial charge in [0, 0.05) is 26.7 Å². The number of carbonyl (C=O) groups is 2. The van der Waals surface area contributed by atoms with Crippen molar-refractivity contribution < 1.29 is 22.4 Å². The Hall–Kier alpha value is -2.98. The SMILES string of the molecule is C[C@H](C(=O)NC1CCCCC1)N(Cc1ccccc1)C(=O)CN(c1ccccc1F)S(=O)(=O)N(C)C. The highest BCUT2D eigenvalue weighted by Crippen LogP contribution is 2.24. The minimum absolute atomic E-state index is 0.0615. The molecule has 8 nitrogen and oxygen atoms in total. The molecule has 196 valence electrons. The highest BCUT2D eigenvalue weighted by atomic mass is 32.2. The molecule has 3 rings (SSSR count). The van der Waals surface area contributed by atoms with Crippen LogP contribution in [0.2, 0.25) is 0 Å². The van der Waals surface area contributed by atoms with Crippen LogP contribution in [-0.4, -0.2) is 62.2 Å². The number of hydrogen-bond donors (Lipinski definition) is 1. The van der Waals surface area contributed by atoms with Crippen LogP contribution in [0.3, 0.4) is 0 Å². The van der Waals surface area contributed by atoms with Gasteiger partial charge in [0.25, 0.3) is 0 Å². The molecule has 10 heteroatoms. The lowest BCUT2D eigenvalue weighted by Crippen LogP contribution is -2.53. The number of anilines is 1. The molecule has 2 aromatic rings. The molecule has 0 radical (unpaired) electrons. The van der Waals surface area contributed by atoms with Crippen molar-refractivity contribution in [3.8, 4) is 0 Å². The van der Waals surface area contributed by atoms with E-state index in [4.69, 9.17) is 0 Å². The predicted octanol–water partition coefficient (Wildman–Crippen LogP) is 3.30. The Morgan fingerprint density at radius 2 is 1.61 bits per heavy atom. The lowest BCUT2D eigenvalue weighted by atomic mass is 9.95. The van der Waals surface area contributed by atoms with Crippen molar-refractivity contribution in [1.29, 1.82) is 0 Å². The maximum atomic E-state index is 14.7. The average Bonchev–Trinajstić information content (AvgIpc) is 2.87. The minimum atomic E-state index is -4.21. The van der Waals surface area contributed by atoms with Gasteiger partial charge in [0.2, 0.25) is 11.8 Å². The molecule has 2 amide bonds. The monoisotopic (exact) mass is 518 g/mol. The quantitative estimate of drug-likeness (QED) is 0.523. The summed E-state index contributed by atoms with van der Waals surface area (Å²) in [6.45, 7) is 1.08. The van der Waals surface area contributed by atoms with E-state index in [-0.39, 0.29) is 24.2 Å². The van der Waals surface area contributed by atoms with E-state index in [1.807, 2.05) is 30.3 Å². The van der Waals surface area contributed by atoms with Crippen LogP contribution >= 0.6 is 0 Å². The number of rotatable bonds is 10. The molecular formula is C26H35FN4O4S. The predicted molar refractivity (Wildman–Crippen MR) is 138 cm³/mol. The number of halogens is 1. The molecule has 1 N–H and O–H groups in total. The highest BCUT2D eigenvalue weighted by molar-refractivity contribution is 7.90. The van der Waals surface area contributed by atoms with Crippen LogP contribution < -0.4 is 9.62 Å². The number of benzene rings is 2. The number of nitrogens with zero attached hydrogens (tertiary/aromatic N) is 3. The Morgan fingerprint density at radius 1 is 1.00 bits per heavy atom. The molecule has 0 spiro atoms. The molecule has 2 aromatic carbocycles. The molecule has 1 atom stereocenters. The van der Waals surface area contributed by atoms with Crippen molar-refractivity contribution in [3.05, 3.63) is 66.0 Å². The summed E-state index contributed by atoms with van der Waals surface area (Å²) in [4.78, 5) is 28.2. The van der Waals surface area contributed by atoms with Gasteiger partial charge in [-0.2, -0.15) is 12.7 Å². The van der Waals surface area contributed by atoms with E-state index >= 15 is 0 Å². The molecule has 0 unspecified atom stereocenters. The zero-order valence-electron chi connectivity index (χ0n) is 21.1. The smallest absolute Gasteiger partial charge is 0.304 e. The topological polar surface area (TPSA) is 90.0 Å². The Morgan fingerprint density at radius 3 is 2.22 bits per heavy atom. The van der Waals surface area contributed by atoms with Crippen molar-refractivity contribution in [2.45, 2.75) is 57.7 Å². The number of amides is 2. The molecule has 1 aliphatic rings. The van der Waals surface area contributed by atoms with Crippen LogP contribution in [0.4, 0.5) is 10.1 Å². The summed E-state index contributed by atoms with van der Waals surface area (Å²) in [6.07, 6.45) is 5.03. The standard InChI is InChI=1S/C26H35FN4O4S/c1-20(26(33)28-22-14-8-5-9-15-22)30(18-21-12-6-4-7-13-21)25(32)19-31(36(34,35)29(2)3)24-17-11-10-16-23(24)27/h4,6-7,10-13,16-17,20,22H,5,8-9,14-15,18-19H2,1-3H3,(H,28,33)/t20-/m1/s1. The van der Waals surface area contributed by atoms with Gasteiger partial charge in [0.15, 0.2) is 0 Å². The van der Waals surface area contributed by atoms with E-state index in [0.29, 0.717) is 0 Å². The summed E-state index contributed by atoms with van der Waals surface area (Å²) in [6, 6.07) is 13.8. The maximum Gasteiger partial charge on any atom is 0.304 e. The summed E-state index contributed by atoms with van der Waals surface area (Å²) in [7, 11) is -1.58. The molecule has 0 saturated heterocycles. The largest absolute Gasteiger partial charge is 0.352 e. The normalized spacial score (nSPS) is 15.4. The molecular weight excluding hydrogens is 483 g/mol. The Labute approximate surface area is 213 Å². The minimum Gasteiger partial charge on any atom is -0.352 e. The third-order valence-corrected chi connectivity index (χ3v) is 8.26. The first-order chi connectivity index (χ1) is 17.1. The van der Waals surface area contributed by atoms with E-state index in [0.717, 1.165) is 52.3 Å². The van der Waals surface area contributed by atoms with Crippen molar-refractivity contribution in [1.82, 2.24) is 14.5 Å². The highest BCUT2D eigenvalue weighted by Gasteiger charge is 2.34. The lowest BCUT2D eigenvalue weighted by molar-refractivity contribution is -0.139. The van der Waals surface area contributed by atoms with Gasteiger partial charge in [-0.3, -0.25) is 9.59 Å².